The van der Waals surface area contributed by atoms with E-state index < -0.39 is 42.4 Å². The molecule has 27 heavy (non-hydrogen) atoms. The number of carboxylic acids is 3. The van der Waals surface area contributed by atoms with Gasteiger partial charge in [-0.3, -0.25) is 19.3 Å². The molecule has 0 saturated carbocycles. The van der Waals surface area contributed by atoms with E-state index in [1.54, 1.807) is 4.90 Å². The van der Waals surface area contributed by atoms with Crippen LogP contribution in [0.15, 0.2) is 12.2 Å². The Bertz CT molecular complexity index is 550. The van der Waals surface area contributed by atoms with E-state index in [4.69, 9.17) is 20.1 Å². The smallest absolute Gasteiger partial charge is 0.333 e. The molecule has 5 N–H and O–H groups in total. The molecule has 0 spiro atoms. The van der Waals surface area contributed by atoms with Gasteiger partial charge in [0.15, 0.2) is 0 Å². The van der Waals surface area contributed by atoms with Gasteiger partial charge in [0.25, 0.3) is 0 Å². The fourth-order valence-corrected chi connectivity index (χ4v) is 2.01. The number of ether oxygens (including phenoxy) is 1. The quantitative estimate of drug-likeness (QED) is 0.167. The number of hydrogen-bond acceptors (Lipinski definition) is 8. The minimum absolute atomic E-state index is 0.0188. The zero-order valence-corrected chi connectivity index (χ0v) is 15.1. The highest BCUT2D eigenvalue weighted by molar-refractivity contribution is 5.86. The third-order valence-electron chi connectivity index (χ3n) is 3.36. The maximum Gasteiger partial charge on any atom is 0.333 e. The Labute approximate surface area is 156 Å². The van der Waals surface area contributed by atoms with Crippen LogP contribution in [-0.4, -0.2) is 94.1 Å². The van der Waals surface area contributed by atoms with Crippen molar-refractivity contribution in [3.8, 4) is 0 Å². The summed E-state index contributed by atoms with van der Waals surface area (Å²) < 4.78 is 4.82. The van der Waals surface area contributed by atoms with Crippen LogP contribution in [0.2, 0.25) is 0 Å². The van der Waals surface area contributed by atoms with E-state index in [9.17, 15) is 24.3 Å². The van der Waals surface area contributed by atoms with E-state index >= 15 is 0 Å². The first kappa shape index (κ1) is 24.5. The Hall–Kier alpha value is -2.50. The molecule has 0 aromatic rings. The van der Waals surface area contributed by atoms with Crippen LogP contribution in [0.25, 0.3) is 0 Å². The maximum absolute atomic E-state index is 11.3. The van der Waals surface area contributed by atoms with E-state index in [1.165, 1.54) is 6.92 Å². The lowest BCUT2D eigenvalue weighted by Crippen LogP contribution is -2.45. The number of aliphatic carboxylic acids is 3. The highest BCUT2D eigenvalue weighted by atomic mass is 16.5. The second-order valence-corrected chi connectivity index (χ2v) is 5.92. The van der Waals surface area contributed by atoms with Crippen LogP contribution in [0, 0.1) is 0 Å². The molecule has 11 nitrogen and oxygen atoms in total. The molecule has 0 fully saturated rings. The largest absolute Gasteiger partial charge is 0.481 e. The van der Waals surface area contributed by atoms with Crippen LogP contribution in [0.1, 0.15) is 19.8 Å². The molecule has 2 atom stereocenters. The summed E-state index contributed by atoms with van der Waals surface area (Å²) in [7, 11) is 0. The summed E-state index contributed by atoms with van der Waals surface area (Å²) in [6, 6.07) is -1.29. The molecule has 0 bridgehead atoms. The van der Waals surface area contributed by atoms with Gasteiger partial charge in [-0.15, -0.1) is 0 Å². The van der Waals surface area contributed by atoms with Crippen LogP contribution in [0.3, 0.4) is 0 Å². The van der Waals surface area contributed by atoms with Crippen LogP contribution in [0.4, 0.5) is 0 Å². The van der Waals surface area contributed by atoms with Crippen LogP contribution >= 0.6 is 0 Å². The highest BCUT2D eigenvalue weighted by Gasteiger charge is 2.21. The Morgan fingerprint density at radius 3 is 2.22 bits per heavy atom. The lowest BCUT2D eigenvalue weighted by molar-refractivity contribution is -0.146. The molecule has 0 rings (SSSR count). The predicted octanol–water partition coefficient (Wildman–Crippen LogP) is -1.24. The molecule has 0 aliphatic carbocycles. The molecule has 0 heterocycles. The number of carboxylic acid groups (broad SMARTS) is 3. The summed E-state index contributed by atoms with van der Waals surface area (Å²) in [4.78, 5) is 45.2. The average molecular weight is 390 g/mol. The van der Waals surface area contributed by atoms with E-state index in [2.05, 4.69) is 11.9 Å². The summed E-state index contributed by atoms with van der Waals surface area (Å²) in [6.07, 6.45) is -1.91. The van der Waals surface area contributed by atoms with Gasteiger partial charge in [0, 0.05) is 31.8 Å². The van der Waals surface area contributed by atoms with Gasteiger partial charge in [-0.05, 0) is 6.92 Å². The predicted molar refractivity (Wildman–Crippen MR) is 92.2 cm³/mol. The summed E-state index contributed by atoms with van der Waals surface area (Å²) in [5, 5.41) is 38.9. The van der Waals surface area contributed by atoms with Crippen LogP contribution in [-0.2, 0) is 23.9 Å². The van der Waals surface area contributed by atoms with Crippen molar-refractivity contribution in [2.75, 3.05) is 32.8 Å². The number of nitrogens with one attached hydrogen (secondary N) is 1. The van der Waals surface area contributed by atoms with E-state index in [1.807, 2.05) is 0 Å². The summed E-state index contributed by atoms with van der Waals surface area (Å²) >= 11 is 0. The fourth-order valence-electron chi connectivity index (χ4n) is 2.01. The van der Waals surface area contributed by atoms with Crippen molar-refractivity contribution in [3.05, 3.63) is 12.2 Å². The highest BCUT2D eigenvalue weighted by Crippen LogP contribution is 2.00. The molecule has 0 radical (unpaired) electrons. The molecule has 0 amide bonds. The van der Waals surface area contributed by atoms with Gasteiger partial charge in [0.05, 0.1) is 12.8 Å². The molecule has 11 heteroatoms. The van der Waals surface area contributed by atoms with Crippen LogP contribution in [0.5, 0.6) is 0 Å². The minimum atomic E-state index is -1.32. The van der Waals surface area contributed by atoms with Gasteiger partial charge in [-0.1, -0.05) is 6.58 Å². The Morgan fingerprint density at radius 2 is 1.74 bits per heavy atom. The monoisotopic (exact) mass is 390 g/mol. The maximum atomic E-state index is 11.3. The number of esters is 1. The molecular formula is C16H26N2O9. The Balaban J connectivity index is 4.58. The number of nitrogens with zero attached hydrogens (tertiary/aromatic N) is 1. The topological polar surface area (TPSA) is 174 Å². The minimum Gasteiger partial charge on any atom is -0.481 e. The third-order valence-corrected chi connectivity index (χ3v) is 3.36. The number of aliphatic hydroxyl groups is 1. The lowest BCUT2D eigenvalue weighted by Gasteiger charge is -2.25. The molecule has 0 aromatic heterocycles. The number of carbonyl (C=O) groups excluding carboxylic acids is 1. The number of hydrogen-bond donors (Lipinski definition) is 5. The Morgan fingerprint density at radius 1 is 1.11 bits per heavy atom. The van der Waals surface area contributed by atoms with E-state index in [-0.39, 0.29) is 44.8 Å². The van der Waals surface area contributed by atoms with Crippen molar-refractivity contribution in [1.29, 1.82) is 0 Å². The third kappa shape index (κ3) is 12.5. The first-order valence-corrected chi connectivity index (χ1v) is 8.15. The van der Waals surface area contributed by atoms with Crippen molar-refractivity contribution in [2.45, 2.75) is 31.9 Å². The second-order valence-electron chi connectivity index (χ2n) is 5.92. The zero-order chi connectivity index (χ0) is 21.0. The molecule has 2 unspecified atom stereocenters. The molecular weight excluding hydrogens is 364 g/mol. The summed E-state index contributed by atoms with van der Waals surface area (Å²) in [5.74, 6) is -4.30. The molecule has 0 aliphatic heterocycles. The van der Waals surface area contributed by atoms with Crippen molar-refractivity contribution in [1.82, 2.24) is 10.2 Å². The Kier molecular flexibility index (Phi) is 11.6. The SMILES string of the molecule is C=C(C)C(=O)OCC(O)CN(CCNC(CC(=O)O)C(=O)O)CCC(=O)O. The van der Waals surface area contributed by atoms with E-state index in [0.29, 0.717) is 0 Å². The van der Waals surface area contributed by atoms with Gasteiger partial charge in [0.2, 0.25) is 0 Å². The normalized spacial score (nSPS) is 13.0. The van der Waals surface area contributed by atoms with Gasteiger partial charge in [-0.25, -0.2) is 4.79 Å². The molecule has 0 aromatic carbocycles. The molecule has 0 saturated heterocycles. The van der Waals surface area contributed by atoms with Crippen molar-refractivity contribution in [2.24, 2.45) is 0 Å². The first-order chi connectivity index (χ1) is 12.5. The lowest BCUT2D eigenvalue weighted by atomic mass is 10.2. The number of aliphatic hydroxyl groups excluding tert-OH is 1. The second kappa shape index (κ2) is 12.8. The first-order valence-electron chi connectivity index (χ1n) is 8.15. The van der Waals surface area contributed by atoms with Gasteiger partial charge < -0.3 is 30.5 Å². The molecule has 0 aliphatic rings. The summed E-state index contributed by atoms with van der Waals surface area (Å²) in [5.41, 5.74) is 0.173. The fraction of sp³-hybridized carbons (Fsp3) is 0.625. The molecule has 154 valence electrons. The summed E-state index contributed by atoms with van der Waals surface area (Å²) in [6.45, 7) is 4.81. The van der Waals surface area contributed by atoms with Crippen molar-refractivity contribution in [3.63, 3.8) is 0 Å². The number of carbonyl (C=O) groups is 4. The standard InChI is InChI=1S/C16H26N2O9/c1-10(2)16(26)27-9-11(19)8-18(5-3-13(20)21)6-4-17-12(15(24)25)7-14(22)23/h11-12,17,19H,1,3-9H2,2H3,(H,20,21)(H,22,23)(H,24,25). The van der Waals surface area contributed by atoms with Gasteiger partial charge in [-0.2, -0.15) is 0 Å². The van der Waals surface area contributed by atoms with Crippen LogP contribution < -0.4 is 5.32 Å². The zero-order valence-electron chi connectivity index (χ0n) is 15.1. The number of rotatable bonds is 15. The van der Waals surface area contributed by atoms with Crippen molar-refractivity contribution >= 4 is 23.9 Å². The van der Waals surface area contributed by atoms with Gasteiger partial charge in [0.1, 0.15) is 18.8 Å². The van der Waals surface area contributed by atoms with Crippen molar-refractivity contribution < 1.29 is 44.3 Å². The van der Waals surface area contributed by atoms with E-state index in [0.717, 1.165) is 0 Å². The van der Waals surface area contributed by atoms with Gasteiger partial charge >= 0.3 is 23.9 Å². The average Bonchev–Trinajstić information content (AvgIpc) is 2.55.